The van der Waals surface area contributed by atoms with Crippen molar-refractivity contribution in [1.82, 2.24) is 0 Å². The van der Waals surface area contributed by atoms with E-state index in [0.29, 0.717) is 17.1 Å². The van der Waals surface area contributed by atoms with Crippen molar-refractivity contribution in [3.8, 4) is 11.5 Å². The minimum atomic E-state index is -0.554. The van der Waals surface area contributed by atoms with Crippen LogP contribution in [0.1, 0.15) is 17.3 Å². The maximum atomic E-state index is 11.6. The highest BCUT2D eigenvalue weighted by atomic mass is 35.5. The summed E-state index contributed by atoms with van der Waals surface area (Å²) in [7, 11) is 3.07. The first-order valence-electron chi connectivity index (χ1n) is 4.50. The van der Waals surface area contributed by atoms with E-state index < -0.39 is 5.38 Å². The summed E-state index contributed by atoms with van der Waals surface area (Å²) in [6, 6.07) is 4.99. The Morgan fingerprint density at radius 3 is 2.00 bits per heavy atom. The van der Waals surface area contributed by atoms with Gasteiger partial charge in [-0.15, -0.1) is 11.6 Å². The van der Waals surface area contributed by atoms with Gasteiger partial charge in [-0.2, -0.15) is 0 Å². The highest BCUT2D eigenvalue weighted by Crippen LogP contribution is 2.23. The van der Waals surface area contributed by atoms with Gasteiger partial charge in [0.05, 0.1) is 19.6 Å². The van der Waals surface area contributed by atoms with E-state index in [9.17, 15) is 4.79 Å². The van der Waals surface area contributed by atoms with Crippen LogP contribution < -0.4 is 9.47 Å². The van der Waals surface area contributed by atoms with Crippen LogP contribution in [0.5, 0.6) is 11.5 Å². The van der Waals surface area contributed by atoms with E-state index in [4.69, 9.17) is 21.1 Å². The molecule has 1 aromatic carbocycles. The molecular formula is C11H13ClO3. The molecule has 0 amide bonds. The smallest absolute Gasteiger partial charge is 0.180 e. The Labute approximate surface area is 93.9 Å². The standard InChI is InChI=1S/C11H13ClO3/c1-7(12)11(13)8-4-9(14-2)6-10(5-8)15-3/h4-7H,1-3H3. The SMILES string of the molecule is COc1cc(OC)cc(C(=O)C(C)Cl)c1. The molecule has 0 aliphatic rings. The second-order valence-corrected chi connectivity index (χ2v) is 3.74. The van der Waals surface area contributed by atoms with Gasteiger partial charge in [0.15, 0.2) is 5.78 Å². The van der Waals surface area contributed by atoms with Gasteiger partial charge in [0.2, 0.25) is 0 Å². The summed E-state index contributed by atoms with van der Waals surface area (Å²) in [5, 5.41) is -0.554. The van der Waals surface area contributed by atoms with Gasteiger partial charge in [0, 0.05) is 11.6 Å². The molecule has 0 fully saturated rings. The van der Waals surface area contributed by atoms with E-state index in [1.54, 1.807) is 25.1 Å². The summed E-state index contributed by atoms with van der Waals surface area (Å²) in [5.74, 6) is 1.01. The Bertz CT molecular complexity index is 339. The summed E-state index contributed by atoms with van der Waals surface area (Å²) in [5.41, 5.74) is 0.494. The van der Waals surface area contributed by atoms with Gasteiger partial charge in [-0.25, -0.2) is 0 Å². The van der Waals surface area contributed by atoms with Crippen LogP contribution in [-0.2, 0) is 0 Å². The van der Waals surface area contributed by atoms with E-state index in [2.05, 4.69) is 0 Å². The van der Waals surface area contributed by atoms with Crippen molar-refractivity contribution in [3.05, 3.63) is 23.8 Å². The zero-order valence-corrected chi connectivity index (χ0v) is 9.67. The van der Waals surface area contributed by atoms with Crippen LogP contribution >= 0.6 is 11.6 Å². The number of hydrogen-bond acceptors (Lipinski definition) is 3. The third kappa shape index (κ3) is 2.86. The van der Waals surface area contributed by atoms with Crippen molar-refractivity contribution in [2.24, 2.45) is 0 Å². The molecule has 0 aliphatic carbocycles. The molecule has 4 heteroatoms. The van der Waals surface area contributed by atoms with E-state index in [1.165, 1.54) is 14.2 Å². The molecule has 82 valence electrons. The first kappa shape index (κ1) is 11.9. The van der Waals surface area contributed by atoms with Crippen LogP contribution in [-0.4, -0.2) is 25.4 Å². The van der Waals surface area contributed by atoms with Crippen LogP contribution in [0.25, 0.3) is 0 Å². The van der Waals surface area contributed by atoms with Crippen LogP contribution in [0.2, 0.25) is 0 Å². The maximum absolute atomic E-state index is 11.6. The number of methoxy groups -OCH3 is 2. The van der Waals surface area contributed by atoms with Gasteiger partial charge in [-0.3, -0.25) is 4.79 Å². The first-order chi connectivity index (χ1) is 7.08. The summed E-state index contributed by atoms with van der Waals surface area (Å²) in [4.78, 5) is 11.6. The summed E-state index contributed by atoms with van der Waals surface area (Å²) in [6.45, 7) is 1.63. The minimum absolute atomic E-state index is 0.145. The number of ketones is 1. The molecule has 1 atom stereocenters. The van der Waals surface area contributed by atoms with Crippen molar-refractivity contribution in [2.45, 2.75) is 12.3 Å². The molecule has 3 nitrogen and oxygen atoms in total. The fourth-order valence-corrected chi connectivity index (χ4v) is 1.31. The number of halogens is 1. The van der Waals surface area contributed by atoms with Gasteiger partial charge in [0.25, 0.3) is 0 Å². The molecular weight excluding hydrogens is 216 g/mol. The number of carbonyl (C=O) groups excluding carboxylic acids is 1. The van der Waals surface area contributed by atoms with Gasteiger partial charge in [-0.05, 0) is 19.1 Å². The normalized spacial score (nSPS) is 12.0. The second-order valence-electron chi connectivity index (χ2n) is 3.08. The molecule has 0 spiro atoms. The lowest BCUT2D eigenvalue weighted by molar-refractivity contribution is 0.0991. The van der Waals surface area contributed by atoms with Crippen LogP contribution in [0.15, 0.2) is 18.2 Å². The van der Waals surface area contributed by atoms with Crippen molar-refractivity contribution in [1.29, 1.82) is 0 Å². The second kappa shape index (κ2) is 5.03. The molecule has 0 aromatic heterocycles. The molecule has 15 heavy (non-hydrogen) atoms. The van der Waals surface area contributed by atoms with E-state index >= 15 is 0 Å². The molecule has 1 aromatic rings. The quantitative estimate of drug-likeness (QED) is 0.587. The van der Waals surface area contributed by atoms with Crippen molar-refractivity contribution in [2.75, 3.05) is 14.2 Å². The predicted octanol–water partition coefficient (Wildman–Crippen LogP) is 2.51. The van der Waals surface area contributed by atoms with E-state index in [-0.39, 0.29) is 5.78 Å². The van der Waals surface area contributed by atoms with Crippen LogP contribution in [0.3, 0.4) is 0 Å². The molecule has 0 saturated carbocycles. The number of carbonyl (C=O) groups is 1. The topological polar surface area (TPSA) is 35.5 Å². The fraction of sp³-hybridized carbons (Fsp3) is 0.364. The largest absolute Gasteiger partial charge is 0.497 e. The number of alkyl halides is 1. The Hall–Kier alpha value is -1.22. The average molecular weight is 229 g/mol. The third-order valence-corrected chi connectivity index (χ3v) is 2.20. The lowest BCUT2D eigenvalue weighted by atomic mass is 10.1. The maximum Gasteiger partial charge on any atom is 0.180 e. The van der Waals surface area contributed by atoms with Gasteiger partial charge in [-0.1, -0.05) is 0 Å². The Kier molecular flexibility index (Phi) is 3.97. The van der Waals surface area contributed by atoms with Crippen molar-refractivity contribution < 1.29 is 14.3 Å². The zero-order valence-electron chi connectivity index (χ0n) is 8.91. The molecule has 1 unspecified atom stereocenters. The van der Waals surface area contributed by atoms with Gasteiger partial charge < -0.3 is 9.47 Å². The highest BCUT2D eigenvalue weighted by Gasteiger charge is 2.14. The number of rotatable bonds is 4. The minimum Gasteiger partial charge on any atom is -0.497 e. The van der Waals surface area contributed by atoms with E-state index in [0.717, 1.165) is 0 Å². The number of ether oxygens (including phenoxy) is 2. The third-order valence-electron chi connectivity index (χ3n) is 2.00. The highest BCUT2D eigenvalue weighted by molar-refractivity contribution is 6.33. The number of benzene rings is 1. The van der Waals surface area contributed by atoms with Gasteiger partial charge in [0.1, 0.15) is 11.5 Å². The van der Waals surface area contributed by atoms with Crippen molar-refractivity contribution in [3.63, 3.8) is 0 Å². The Morgan fingerprint density at radius 1 is 1.20 bits per heavy atom. The monoisotopic (exact) mass is 228 g/mol. The van der Waals surface area contributed by atoms with E-state index in [1.807, 2.05) is 0 Å². The fourth-order valence-electron chi connectivity index (χ4n) is 1.18. The molecule has 0 aliphatic heterocycles. The zero-order chi connectivity index (χ0) is 11.4. The predicted molar refractivity (Wildman–Crippen MR) is 59.2 cm³/mol. The molecule has 0 N–H and O–H groups in total. The number of Topliss-reactive ketones (excluding diaryl/α,β-unsaturated/α-hetero) is 1. The van der Waals surface area contributed by atoms with Crippen LogP contribution in [0.4, 0.5) is 0 Å². The van der Waals surface area contributed by atoms with Crippen molar-refractivity contribution >= 4 is 17.4 Å². The summed E-state index contributed by atoms with van der Waals surface area (Å²) in [6.07, 6.45) is 0. The molecule has 0 heterocycles. The number of hydrogen-bond donors (Lipinski definition) is 0. The molecule has 0 radical (unpaired) electrons. The molecule has 0 saturated heterocycles. The average Bonchev–Trinajstić information content (AvgIpc) is 2.27. The molecule has 1 rings (SSSR count). The summed E-state index contributed by atoms with van der Waals surface area (Å²) < 4.78 is 10.1. The lowest BCUT2D eigenvalue weighted by Crippen LogP contribution is -2.10. The Balaban J connectivity index is 3.12. The van der Waals surface area contributed by atoms with Gasteiger partial charge >= 0.3 is 0 Å². The molecule has 0 bridgehead atoms. The first-order valence-corrected chi connectivity index (χ1v) is 4.93. The lowest BCUT2D eigenvalue weighted by Gasteiger charge is -2.08. The van der Waals surface area contributed by atoms with Crippen LogP contribution in [0, 0.1) is 0 Å². The summed E-state index contributed by atoms with van der Waals surface area (Å²) >= 11 is 5.72. The Morgan fingerprint density at radius 2 is 1.67 bits per heavy atom.